The topological polar surface area (TPSA) is 24.5 Å². The summed E-state index contributed by atoms with van der Waals surface area (Å²) in [7, 11) is 0. The van der Waals surface area contributed by atoms with Crippen LogP contribution >= 0.6 is 0 Å². The van der Waals surface area contributed by atoms with Gasteiger partial charge in [0.1, 0.15) is 0 Å². The quantitative estimate of drug-likeness (QED) is 0.829. The molecule has 1 aliphatic heterocycles. The lowest BCUT2D eigenvalue weighted by Crippen LogP contribution is -2.53. The monoisotopic (exact) mass is 268 g/mol. The first-order chi connectivity index (χ1) is 9.24. The van der Waals surface area contributed by atoms with Crippen molar-refractivity contribution < 1.29 is 4.74 Å². The van der Waals surface area contributed by atoms with Crippen molar-refractivity contribution >= 4 is 0 Å². The molecule has 0 aromatic carbocycles. The number of morpholine rings is 1. The number of nitrogens with zero attached hydrogens (tertiary/aromatic N) is 1. The molecule has 2 rings (SSSR count). The maximum atomic E-state index is 5.82. The Bertz CT molecular complexity index is 257. The first kappa shape index (κ1) is 15.3. The van der Waals surface area contributed by atoms with Gasteiger partial charge < -0.3 is 10.1 Å². The Morgan fingerprint density at radius 1 is 1.21 bits per heavy atom. The molecule has 0 spiro atoms. The number of nitrogens with one attached hydrogen (secondary N) is 1. The molecule has 2 aliphatic rings. The van der Waals surface area contributed by atoms with Gasteiger partial charge in [-0.1, -0.05) is 26.7 Å². The molecule has 1 saturated carbocycles. The lowest BCUT2D eigenvalue weighted by atomic mass is 9.83. The smallest absolute Gasteiger partial charge is 0.0674 e. The molecule has 1 saturated heterocycles. The second-order valence-electron chi connectivity index (χ2n) is 6.37. The fourth-order valence-corrected chi connectivity index (χ4v) is 3.77. The molecule has 0 aromatic heterocycles. The van der Waals surface area contributed by atoms with Crippen LogP contribution in [-0.2, 0) is 4.74 Å². The van der Waals surface area contributed by atoms with E-state index in [9.17, 15) is 0 Å². The van der Waals surface area contributed by atoms with Gasteiger partial charge in [0, 0.05) is 25.2 Å². The van der Waals surface area contributed by atoms with Gasteiger partial charge in [-0.05, 0) is 38.6 Å². The molecule has 3 nitrogen and oxygen atoms in total. The maximum absolute atomic E-state index is 5.82. The van der Waals surface area contributed by atoms with Crippen LogP contribution in [0.1, 0.15) is 52.9 Å². The van der Waals surface area contributed by atoms with Crippen molar-refractivity contribution in [2.24, 2.45) is 5.92 Å². The lowest BCUT2D eigenvalue weighted by molar-refractivity contribution is -0.0636. The van der Waals surface area contributed by atoms with E-state index in [0.29, 0.717) is 12.1 Å². The molecule has 1 N–H and O–H groups in total. The predicted octanol–water partition coefficient (Wildman–Crippen LogP) is 2.65. The number of ether oxygens (including phenoxy) is 1. The zero-order valence-corrected chi connectivity index (χ0v) is 13.0. The van der Waals surface area contributed by atoms with E-state index in [0.717, 1.165) is 31.7 Å². The highest BCUT2D eigenvalue weighted by Crippen LogP contribution is 2.27. The molecule has 0 amide bonds. The number of hydrogen-bond acceptors (Lipinski definition) is 3. The van der Waals surface area contributed by atoms with Crippen LogP contribution in [0.4, 0.5) is 0 Å². The normalized spacial score (nSPS) is 37.4. The molecule has 4 atom stereocenters. The minimum absolute atomic E-state index is 0.406. The van der Waals surface area contributed by atoms with Crippen LogP contribution in [0.3, 0.4) is 0 Å². The third kappa shape index (κ3) is 4.17. The third-order valence-electron chi connectivity index (χ3n) is 4.90. The summed E-state index contributed by atoms with van der Waals surface area (Å²) < 4.78 is 5.82. The zero-order valence-electron chi connectivity index (χ0n) is 13.0. The highest BCUT2D eigenvalue weighted by atomic mass is 16.5. The van der Waals surface area contributed by atoms with Crippen LogP contribution in [0.5, 0.6) is 0 Å². The summed E-state index contributed by atoms with van der Waals surface area (Å²) in [4.78, 5) is 2.70. The van der Waals surface area contributed by atoms with Gasteiger partial charge in [0.2, 0.25) is 0 Å². The molecule has 0 aromatic rings. The van der Waals surface area contributed by atoms with Crippen molar-refractivity contribution in [2.75, 3.05) is 26.2 Å². The number of hydrogen-bond donors (Lipinski definition) is 1. The molecule has 3 heteroatoms. The third-order valence-corrected chi connectivity index (χ3v) is 4.90. The van der Waals surface area contributed by atoms with Gasteiger partial charge in [0.05, 0.1) is 12.7 Å². The van der Waals surface area contributed by atoms with E-state index in [1.807, 2.05) is 0 Å². The predicted molar refractivity (Wildman–Crippen MR) is 80.5 cm³/mol. The summed E-state index contributed by atoms with van der Waals surface area (Å²) in [5.41, 5.74) is 0. The molecule has 1 heterocycles. The van der Waals surface area contributed by atoms with E-state index in [2.05, 4.69) is 31.0 Å². The standard InChI is InChI=1S/C16H32N2O/c1-4-15-12-19-13(3)10-18(15)11-14-8-6-7-9-16(14)17-5-2/h13-17H,4-12H2,1-3H3. The van der Waals surface area contributed by atoms with Crippen LogP contribution in [0, 0.1) is 5.92 Å². The maximum Gasteiger partial charge on any atom is 0.0674 e. The van der Waals surface area contributed by atoms with E-state index in [-0.39, 0.29) is 0 Å². The van der Waals surface area contributed by atoms with Gasteiger partial charge in [0.25, 0.3) is 0 Å². The van der Waals surface area contributed by atoms with Crippen LogP contribution in [0.25, 0.3) is 0 Å². The van der Waals surface area contributed by atoms with Gasteiger partial charge in [0.15, 0.2) is 0 Å². The molecular weight excluding hydrogens is 236 g/mol. The minimum Gasteiger partial charge on any atom is -0.376 e. The van der Waals surface area contributed by atoms with Gasteiger partial charge in [-0.3, -0.25) is 4.90 Å². The first-order valence-electron chi connectivity index (χ1n) is 8.33. The molecule has 19 heavy (non-hydrogen) atoms. The highest BCUT2D eigenvalue weighted by Gasteiger charge is 2.31. The summed E-state index contributed by atoms with van der Waals surface area (Å²) in [5.74, 6) is 0.841. The van der Waals surface area contributed by atoms with E-state index in [1.165, 1.54) is 38.6 Å². The highest BCUT2D eigenvalue weighted by molar-refractivity contribution is 4.86. The van der Waals surface area contributed by atoms with Gasteiger partial charge in [-0.2, -0.15) is 0 Å². The fraction of sp³-hybridized carbons (Fsp3) is 1.00. The van der Waals surface area contributed by atoms with Crippen molar-refractivity contribution in [3.63, 3.8) is 0 Å². The van der Waals surface area contributed by atoms with E-state index >= 15 is 0 Å². The summed E-state index contributed by atoms with van der Waals surface area (Å²) in [6.07, 6.45) is 7.22. The molecule has 2 fully saturated rings. The van der Waals surface area contributed by atoms with Crippen molar-refractivity contribution in [1.82, 2.24) is 10.2 Å². The second kappa shape index (κ2) is 7.61. The number of rotatable bonds is 5. The molecule has 0 bridgehead atoms. The summed E-state index contributed by atoms with van der Waals surface area (Å²) >= 11 is 0. The molecule has 1 aliphatic carbocycles. The SMILES string of the molecule is CCNC1CCCCC1CN1CC(C)OCC1CC. The average Bonchev–Trinajstić information content (AvgIpc) is 2.42. The minimum atomic E-state index is 0.406. The van der Waals surface area contributed by atoms with Crippen LogP contribution in [-0.4, -0.2) is 49.3 Å². The van der Waals surface area contributed by atoms with Crippen molar-refractivity contribution in [3.8, 4) is 0 Å². The Kier molecular flexibility index (Phi) is 6.11. The average molecular weight is 268 g/mol. The Morgan fingerprint density at radius 2 is 2.00 bits per heavy atom. The molecule has 112 valence electrons. The molecule has 0 radical (unpaired) electrons. The Labute approximate surface area is 119 Å². The van der Waals surface area contributed by atoms with Crippen LogP contribution in [0.15, 0.2) is 0 Å². The molecular formula is C16H32N2O. The Morgan fingerprint density at radius 3 is 2.74 bits per heavy atom. The zero-order chi connectivity index (χ0) is 13.7. The van der Waals surface area contributed by atoms with Crippen molar-refractivity contribution in [2.45, 2.75) is 71.1 Å². The van der Waals surface area contributed by atoms with E-state index in [4.69, 9.17) is 4.74 Å². The van der Waals surface area contributed by atoms with Crippen molar-refractivity contribution in [1.29, 1.82) is 0 Å². The molecule has 4 unspecified atom stereocenters. The lowest BCUT2D eigenvalue weighted by Gasteiger charge is -2.42. The van der Waals surface area contributed by atoms with Crippen molar-refractivity contribution in [3.05, 3.63) is 0 Å². The van der Waals surface area contributed by atoms with Gasteiger partial charge >= 0.3 is 0 Å². The van der Waals surface area contributed by atoms with Crippen LogP contribution in [0.2, 0.25) is 0 Å². The van der Waals surface area contributed by atoms with Gasteiger partial charge in [-0.25, -0.2) is 0 Å². The Hall–Kier alpha value is -0.120. The fourth-order valence-electron chi connectivity index (χ4n) is 3.77. The van der Waals surface area contributed by atoms with Gasteiger partial charge in [-0.15, -0.1) is 0 Å². The summed E-state index contributed by atoms with van der Waals surface area (Å²) in [5, 5.41) is 3.71. The van der Waals surface area contributed by atoms with E-state index < -0.39 is 0 Å². The summed E-state index contributed by atoms with van der Waals surface area (Å²) in [6, 6.07) is 1.38. The largest absolute Gasteiger partial charge is 0.376 e. The van der Waals surface area contributed by atoms with Crippen LogP contribution < -0.4 is 5.32 Å². The second-order valence-corrected chi connectivity index (χ2v) is 6.37. The van der Waals surface area contributed by atoms with E-state index in [1.54, 1.807) is 0 Å². The Balaban J connectivity index is 1.92. The first-order valence-corrected chi connectivity index (χ1v) is 8.33. The summed E-state index contributed by atoms with van der Waals surface area (Å²) in [6.45, 7) is 11.2.